The van der Waals surface area contributed by atoms with Crippen molar-refractivity contribution in [1.82, 2.24) is 14.9 Å². The summed E-state index contributed by atoms with van der Waals surface area (Å²) >= 11 is 0. The highest BCUT2D eigenvalue weighted by Gasteiger charge is 2.11. The Morgan fingerprint density at radius 2 is 1.76 bits per heavy atom. The van der Waals surface area contributed by atoms with Crippen molar-refractivity contribution in [3.63, 3.8) is 0 Å². The van der Waals surface area contributed by atoms with Crippen molar-refractivity contribution in [2.24, 2.45) is 0 Å². The molecular formula is C31H37N3O3. The number of ether oxygens (including phenoxy) is 2. The maximum atomic E-state index is 12.2. The second kappa shape index (κ2) is 12.9. The number of nitrogens with one attached hydrogen (secondary N) is 1. The van der Waals surface area contributed by atoms with Crippen LogP contribution in [0.2, 0.25) is 0 Å². The predicted molar refractivity (Wildman–Crippen MR) is 148 cm³/mol. The van der Waals surface area contributed by atoms with Gasteiger partial charge in [-0.15, -0.1) is 0 Å². The average molecular weight is 500 g/mol. The maximum Gasteiger partial charge on any atom is 0.224 e. The molecule has 194 valence electrons. The molecule has 0 aliphatic heterocycles. The third kappa shape index (κ3) is 7.13. The van der Waals surface area contributed by atoms with Crippen LogP contribution in [-0.4, -0.2) is 35.7 Å². The quantitative estimate of drug-likeness (QED) is 0.236. The van der Waals surface area contributed by atoms with E-state index in [4.69, 9.17) is 14.5 Å². The van der Waals surface area contributed by atoms with Crippen LogP contribution in [0.1, 0.15) is 41.8 Å². The molecule has 37 heavy (non-hydrogen) atoms. The van der Waals surface area contributed by atoms with Crippen molar-refractivity contribution in [3.8, 4) is 11.5 Å². The Morgan fingerprint density at radius 1 is 0.946 bits per heavy atom. The molecule has 0 aliphatic carbocycles. The lowest BCUT2D eigenvalue weighted by atomic mass is 10.1. The number of nitrogens with zero attached hydrogens (tertiary/aromatic N) is 2. The number of carbonyl (C=O) groups is 1. The second-order valence-corrected chi connectivity index (χ2v) is 9.40. The number of amides is 1. The topological polar surface area (TPSA) is 65.4 Å². The first kappa shape index (κ1) is 26.3. The number of rotatable bonds is 13. The van der Waals surface area contributed by atoms with E-state index in [-0.39, 0.29) is 5.91 Å². The Bertz CT molecular complexity index is 1310. The molecule has 0 saturated heterocycles. The van der Waals surface area contributed by atoms with Gasteiger partial charge >= 0.3 is 0 Å². The Balaban J connectivity index is 1.24. The lowest BCUT2D eigenvalue weighted by Crippen LogP contribution is -2.26. The molecular weight excluding hydrogens is 462 g/mol. The number of benzene rings is 3. The number of aromatic nitrogens is 2. The highest BCUT2D eigenvalue weighted by Crippen LogP contribution is 2.22. The molecule has 0 unspecified atom stereocenters. The fraction of sp³-hybridized carbons (Fsp3) is 0.355. The highest BCUT2D eigenvalue weighted by molar-refractivity contribution is 5.78. The Labute approximate surface area is 219 Å². The van der Waals surface area contributed by atoms with Gasteiger partial charge in [0.1, 0.15) is 23.9 Å². The van der Waals surface area contributed by atoms with E-state index in [9.17, 15) is 4.79 Å². The second-order valence-electron chi connectivity index (χ2n) is 9.40. The monoisotopic (exact) mass is 499 g/mol. The van der Waals surface area contributed by atoms with Crippen LogP contribution in [0.3, 0.4) is 0 Å². The lowest BCUT2D eigenvalue weighted by Gasteiger charge is -2.13. The van der Waals surface area contributed by atoms with Crippen molar-refractivity contribution in [2.75, 3.05) is 20.3 Å². The van der Waals surface area contributed by atoms with E-state index < -0.39 is 0 Å². The summed E-state index contributed by atoms with van der Waals surface area (Å²) in [6.07, 6.45) is 4.29. The van der Waals surface area contributed by atoms with E-state index in [2.05, 4.69) is 48.0 Å². The highest BCUT2D eigenvalue weighted by atomic mass is 16.5. The number of para-hydroxylation sites is 2. The van der Waals surface area contributed by atoms with Crippen LogP contribution in [-0.2, 0) is 24.2 Å². The van der Waals surface area contributed by atoms with Gasteiger partial charge in [-0.3, -0.25) is 4.79 Å². The summed E-state index contributed by atoms with van der Waals surface area (Å²) in [6, 6.07) is 22.1. The molecule has 0 bridgehead atoms. The zero-order valence-electron chi connectivity index (χ0n) is 22.1. The normalized spacial score (nSPS) is 11.0. The number of methoxy groups -OCH3 is 1. The van der Waals surface area contributed by atoms with E-state index in [1.807, 2.05) is 42.5 Å². The SMILES string of the molecule is COc1ccc(CC(=O)NCCCCCc2nc3ccccc3n2CCOc2cccc(C)c2C)cc1. The van der Waals surface area contributed by atoms with Gasteiger partial charge in [-0.05, 0) is 73.7 Å². The summed E-state index contributed by atoms with van der Waals surface area (Å²) in [5.74, 6) is 2.89. The van der Waals surface area contributed by atoms with Crippen molar-refractivity contribution >= 4 is 16.9 Å². The number of aryl methyl sites for hydroxylation is 2. The van der Waals surface area contributed by atoms with E-state index in [0.717, 1.165) is 66.1 Å². The van der Waals surface area contributed by atoms with Crippen LogP contribution < -0.4 is 14.8 Å². The van der Waals surface area contributed by atoms with Crippen LogP contribution in [0, 0.1) is 13.8 Å². The molecule has 4 rings (SSSR count). The standard InChI is InChI=1S/C31H37N3O3/c1-23-10-9-13-29(24(23)2)37-21-20-34-28-12-7-6-11-27(28)33-30(34)14-5-4-8-19-32-31(35)22-25-15-17-26(36-3)18-16-25/h6-7,9-13,15-18H,4-5,8,14,19-22H2,1-3H3,(H,32,35). The van der Waals surface area contributed by atoms with Crippen LogP contribution in [0.5, 0.6) is 11.5 Å². The number of hydrogen-bond acceptors (Lipinski definition) is 4. The third-order valence-electron chi connectivity index (χ3n) is 6.78. The Kier molecular flexibility index (Phi) is 9.19. The molecule has 0 aliphatic rings. The first-order valence-corrected chi connectivity index (χ1v) is 13.1. The van der Waals surface area contributed by atoms with Crippen molar-refractivity contribution in [2.45, 2.75) is 52.5 Å². The fourth-order valence-electron chi connectivity index (χ4n) is 4.50. The van der Waals surface area contributed by atoms with E-state index in [1.165, 1.54) is 11.1 Å². The number of imidazole rings is 1. The molecule has 3 aromatic carbocycles. The van der Waals surface area contributed by atoms with Gasteiger partial charge in [-0.2, -0.15) is 0 Å². The van der Waals surface area contributed by atoms with Crippen molar-refractivity contribution in [1.29, 1.82) is 0 Å². The van der Waals surface area contributed by atoms with Gasteiger partial charge in [0, 0.05) is 13.0 Å². The first-order chi connectivity index (χ1) is 18.0. The van der Waals surface area contributed by atoms with Crippen LogP contribution in [0.15, 0.2) is 66.7 Å². The Morgan fingerprint density at radius 3 is 2.57 bits per heavy atom. The molecule has 0 saturated carbocycles. The van der Waals surface area contributed by atoms with Gasteiger partial charge in [-0.25, -0.2) is 4.98 Å². The van der Waals surface area contributed by atoms with Gasteiger partial charge in [-0.1, -0.05) is 42.8 Å². The number of hydrogen-bond donors (Lipinski definition) is 1. The average Bonchev–Trinajstić information content (AvgIpc) is 3.26. The van der Waals surface area contributed by atoms with Gasteiger partial charge in [0.05, 0.1) is 31.1 Å². The minimum Gasteiger partial charge on any atom is -0.497 e. The molecule has 0 spiro atoms. The number of carbonyl (C=O) groups excluding carboxylic acids is 1. The number of fused-ring (bicyclic) bond motifs is 1. The predicted octanol–water partition coefficient (Wildman–Crippen LogP) is 5.81. The molecule has 6 nitrogen and oxygen atoms in total. The summed E-state index contributed by atoms with van der Waals surface area (Å²) in [5, 5.41) is 3.04. The molecule has 1 N–H and O–H groups in total. The van der Waals surface area contributed by atoms with E-state index in [0.29, 0.717) is 19.6 Å². The molecule has 0 radical (unpaired) electrons. The minimum atomic E-state index is 0.0517. The maximum absolute atomic E-state index is 12.2. The summed E-state index contributed by atoms with van der Waals surface area (Å²) in [6.45, 7) is 6.25. The summed E-state index contributed by atoms with van der Waals surface area (Å²) < 4.78 is 13.6. The van der Waals surface area contributed by atoms with Crippen molar-refractivity contribution in [3.05, 3.63) is 89.2 Å². The van der Waals surface area contributed by atoms with Crippen LogP contribution in [0.4, 0.5) is 0 Å². The molecule has 0 atom stereocenters. The summed E-state index contributed by atoms with van der Waals surface area (Å²) in [7, 11) is 1.64. The van der Waals surface area contributed by atoms with Gasteiger partial charge < -0.3 is 19.4 Å². The molecule has 1 heterocycles. The van der Waals surface area contributed by atoms with Crippen molar-refractivity contribution < 1.29 is 14.3 Å². The molecule has 4 aromatic rings. The van der Waals surface area contributed by atoms with Gasteiger partial charge in [0.25, 0.3) is 0 Å². The smallest absolute Gasteiger partial charge is 0.224 e. The van der Waals surface area contributed by atoms with E-state index in [1.54, 1.807) is 7.11 Å². The minimum absolute atomic E-state index is 0.0517. The zero-order chi connectivity index (χ0) is 26.0. The molecule has 0 fully saturated rings. The van der Waals surface area contributed by atoms with E-state index >= 15 is 0 Å². The molecule has 6 heteroatoms. The number of unbranched alkanes of at least 4 members (excludes halogenated alkanes) is 2. The summed E-state index contributed by atoms with van der Waals surface area (Å²) in [5.41, 5.74) is 5.58. The first-order valence-electron chi connectivity index (χ1n) is 13.1. The third-order valence-corrected chi connectivity index (χ3v) is 6.78. The summed E-state index contributed by atoms with van der Waals surface area (Å²) in [4.78, 5) is 17.1. The Hall–Kier alpha value is -3.80. The van der Waals surface area contributed by atoms with Crippen LogP contribution in [0.25, 0.3) is 11.0 Å². The molecule has 1 aromatic heterocycles. The molecule has 1 amide bonds. The van der Waals surface area contributed by atoms with Gasteiger partial charge in [0.2, 0.25) is 5.91 Å². The van der Waals surface area contributed by atoms with Crippen LogP contribution >= 0.6 is 0 Å². The fourth-order valence-corrected chi connectivity index (χ4v) is 4.50. The zero-order valence-corrected chi connectivity index (χ0v) is 22.1. The largest absolute Gasteiger partial charge is 0.497 e. The lowest BCUT2D eigenvalue weighted by molar-refractivity contribution is -0.120. The van der Waals surface area contributed by atoms with Gasteiger partial charge in [0.15, 0.2) is 0 Å².